The van der Waals surface area contributed by atoms with E-state index in [-0.39, 0.29) is 11.7 Å². The number of aryl methyl sites for hydroxylation is 2. The predicted octanol–water partition coefficient (Wildman–Crippen LogP) is 4.42. The molecule has 2 aromatic carbocycles. The fourth-order valence-electron chi connectivity index (χ4n) is 2.58. The van der Waals surface area contributed by atoms with E-state index in [4.69, 9.17) is 17.4 Å². The van der Waals surface area contributed by atoms with Gasteiger partial charge in [0, 0.05) is 10.0 Å². The van der Waals surface area contributed by atoms with Gasteiger partial charge in [0.25, 0.3) is 0 Å². The maximum atomic E-state index is 12.3. The Morgan fingerprint density at radius 1 is 1.30 bits per heavy atom. The van der Waals surface area contributed by atoms with Gasteiger partial charge in [-0.05, 0) is 43.2 Å². The molecular formula is C18H17BrClN5OS. The van der Waals surface area contributed by atoms with E-state index >= 15 is 0 Å². The Labute approximate surface area is 174 Å². The lowest BCUT2D eigenvalue weighted by Gasteiger charge is -2.11. The Morgan fingerprint density at radius 3 is 2.74 bits per heavy atom. The molecule has 3 aromatic rings. The third kappa shape index (κ3) is 4.45. The molecule has 0 aliphatic carbocycles. The number of carbonyl (C=O) groups is 1. The van der Waals surface area contributed by atoms with E-state index < -0.39 is 0 Å². The lowest BCUT2D eigenvalue weighted by Crippen LogP contribution is -2.17. The summed E-state index contributed by atoms with van der Waals surface area (Å²) in [5.41, 5.74) is 3.40. The Kier molecular flexibility index (Phi) is 6.08. The monoisotopic (exact) mass is 465 g/mol. The van der Waals surface area contributed by atoms with Crippen molar-refractivity contribution in [2.45, 2.75) is 19.0 Å². The average molecular weight is 467 g/mol. The molecule has 3 rings (SSSR count). The summed E-state index contributed by atoms with van der Waals surface area (Å²) in [6.45, 7) is 3.86. The summed E-state index contributed by atoms with van der Waals surface area (Å²) < 4.78 is 2.24. The van der Waals surface area contributed by atoms with Crippen LogP contribution in [0.4, 0.5) is 5.69 Å². The lowest BCUT2D eigenvalue weighted by molar-refractivity contribution is -0.113. The normalized spacial score (nSPS) is 10.8. The number of nitrogen functional groups attached to an aromatic ring is 1. The summed E-state index contributed by atoms with van der Waals surface area (Å²) in [6.07, 6.45) is 0. The van der Waals surface area contributed by atoms with Gasteiger partial charge in [-0.2, -0.15) is 0 Å². The van der Waals surface area contributed by atoms with Gasteiger partial charge < -0.3 is 11.2 Å². The molecule has 140 valence electrons. The molecule has 0 atom stereocenters. The standard InChI is InChI=1S/C18H17BrClN5OS/c1-10-7-11(2)16(14(20)8-10)22-15(26)9-27-18-24-23-17(25(18)21)12-5-3-4-6-13(12)19/h3-8H,9,21H2,1-2H3,(H,22,26). The van der Waals surface area contributed by atoms with Crippen LogP contribution >= 0.6 is 39.3 Å². The third-order valence-electron chi connectivity index (χ3n) is 3.81. The number of thioether (sulfide) groups is 1. The number of nitrogens with zero attached hydrogens (tertiary/aromatic N) is 3. The Morgan fingerprint density at radius 2 is 2.04 bits per heavy atom. The highest BCUT2D eigenvalue weighted by Crippen LogP contribution is 2.29. The number of hydrogen-bond donors (Lipinski definition) is 2. The van der Waals surface area contributed by atoms with Crippen molar-refractivity contribution in [3.63, 3.8) is 0 Å². The second-order valence-electron chi connectivity index (χ2n) is 5.93. The topological polar surface area (TPSA) is 85.8 Å². The molecule has 27 heavy (non-hydrogen) atoms. The first-order chi connectivity index (χ1) is 12.9. The van der Waals surface area contributed by atoms with Gasteiger partial charge in [-0.15, -0.1) is 10.2 Å². The van der Waals surface area contributed by atoms with E-state index in [1.807, 2.05) is 50.2 Å². The first-order valence-corrected chi connectivity index (χ1v) is 10.2. The highest BCUT2D eigenvalue weighted by atomic mass is 79.9. The van der Waals surface area contributed by atoms with Crippen molar-refractivity contribution in [1.82, 2.24) is 14.9 Å². The van der Waals surface area contributed by atoms with Gasteiger partial charge in [0.05, 0.1) is 16.5 Å². The number of anilines is 1. The van der Waals surface area contributed by atoms with E-state index in [1.165, 1.54) is 16.4 Å². The van der Waals surface area contributed by atoms with Crippen LogP contribution in [0.1, 0.15) is 11.1 Å². The summed E-state index contributed by atoms with van der Waals surface area (Å²) in [5, 5.41) is 12.0. The van der Waals surface area contributed by atoms with Crippen molar-refractivity contribution in [2.24, 2.45) is 0 Å². The van der Waals surface area contributed by atoms with E-state index in [2.05, 4.69) is 31.4 Å². The zero-order chi connectivity index (χ0) is 19.6. The number of amides is 1. The zero-order valence-electron chi connectivity index (χ0n) is 14.7. The molecule has 1 aromatic heterocycles. The first-order valence-electron chi connectivity index (χ1n) is 8.01. The molecule has 1 amide bonds. The molecule has 1 heterocycles. The predicted molar refractivity (Wildman–Crippen MR) is 114 cm³/mol. The van der Waals surface area contributed by atoms with E-state index in [9.17, 15) is 4.79 Å². The fraction of sp³-hybridized carbons (Fsp3) is 0.167. The minimum atomic E-state index is -0.195. The number of nitrogens with two attached hydrogens (primary N) is 1. The molecule has 0 bridgehead atoms. The summed E-state index contributed by atoms with van der Waals surface area (Å²) in [5.74, 6) is 6.56. The number of halogens is 2. The smallest absolute Gasteiger partial charge is 0.234 e. The second kappa shape index (κ2) is 8.33. The minimum absolute atomic E-state index is 0.134. The molecule has 0 saturated carbocycles. The van der Waals surface area contributed by atoms with E-state index in [0.29, 0.717) is 21.7 Å². The molecule has 0 spiro atoms. The van der Waals surface area contributed by atoms with Crippen molar-refractivity contribution in [3.05, 3.63) is 57.0 Å². The maximum absolute atomic E-state index is 12.3. The van der Waals surface area contributed by atoms with Crippen LogP contribution in [-0.2, 0) is 4.79 Å². The molecule has 0 saturated heterocycles. The largest absolute Gasteiger partial charge is 0.335 e. The van der Waals surface area contributed by atoms with Gasteiger partial charge in [0.15, 0.2) is 5.82 Å². The van der Waals surface area contributed by atoms with Crippen LogP contribution in [0.3, 0.4) is 0 Å². The van der Waals surface area contributed by atoms with Crippen LogP contribution < -0.4 is 11.2 Å². The number of nitrogens with one attached hydrogen (secondary N) is 1. The van der Waals surface area contributed by atoms with Gasteiger partial charge in [-0.3, -0.25) is 4.79 Å². The lowest BCUT2D eigenvalue weighted by atomic mass is 10.1. The van der Waals surface area contributed by atoms with Gasteiger partial charge in [-0.25, -0.2) is 4.68 Å². The number of rotatable bonds is 5. The molecule has 0 fully saturated rings. The van der Waals surface area contributed by atoms with Crippen molar-refractivity contribution >= 4 is 50.9 Å². The van der Waals surface area contributed by atoms with Crippen LogP contribution in [0.25, 0.3) is 11.4 Å². The van der Waals surface area contributed by atoms with Gasteiger partial charge in [0.2, 0.25) is 11.1 Å². The number of carbonyl (C=O) groups excluding carboxylic acids is 1. The summed E-state index contributed by atoms with van der Waals surface area (Å²) in [4.78, 5) is 12.3. The highest BCUT2D eigenvalue weighted by molar-refractivity contribution is 9.10. The highest BCUT2D eigenvalue weighted by Gasteiger charge is 2.16. The molecular weight excluding hydrogens is 450 g/mol. The van der Waals surface area contributed by atoms with Crippen LogP contribution in [0.15, 0.2) is 46.0 Å². The van der Waals surface area contributed by atoms with Crippen molar-refractivity contribution in [1.29, 1.82) is 0 Å². The summed E-state index contributed by atoms with van der Waals surface area (Å²) in [6, 6.07) is 11.4. The quantitative estimate of drug-likeness (QED) is 0.429. The molecule has 3 N–H and O–H groups in total. The molecule has 0 aliphatic heterocycles. The van der Waals surface area contributed by atoms with Crippen molar-refractivity contribution < 1.29 is 4.79 Å². The average Bonchev–Trinajstić information content (AvgIpc) is 2.97. The number of hydrogen-bond acceptors (Lipinski definition) is 5. The van der Waals surface area contributed by atoms with E-state index in [1.54, 1.807) is 0 Å². The van der Waals surface area contributed by atoms with Crippen LogP contribution in [-0.4, -0.2) is 26.5 Å². The SMILES string of the molecule is Cc1cc(C)c(NC(=O)CSc2nnc(-c3ccccc3Br)n2N)c(Cl)c1. The summed E-state index contributed by atoms with van der Waals surface area (Å²) in [7, 11) is 0. The minimum Gasteiger partial charge on any atom is -0.335 e. The Hall–Kier alpha value is -2.03. The van der Waals surface area contributed by atoms with Gasteiger partial charge >= 0.3 is 0 Å². The van der Waals surface area contributed by atoms with Crippen molar-refractivity contribution in [3.8, 4) is 11.4 Å². The Balaban J connectivity index is 1.69. The van der Waals surface area contributed by atoms with Gasteiger partial charge in [-0.1, -0.05) is 57.5 Å². The molecule has 6 nitrogen and oxygen atoms in total. The number of aromatic nitrogens is 3. The summed E-state index contributed by atoms with van der Waals surface area (Å²) >= 11 is 10.9. The molecule has 9 heteroatoms. The van der Waals surface area contributed by atoms with Crippen molar-refractivity contribution in [2.75, 3.05) is 16.9 Å². The molecule has 0 unspecified atom stereocenters. The number of benzene rings is 2. The van der Waals surface area contributed by atoms with E-state index in [0.717, 1.165) is 21.2 Å². The third-order valence-corrected chi connectivity index (χ3v) is 5.74. The van der Waals surface area contributed by atoms with Gasteiger partial charge in [0.1, 0.15) is 0 Å². The maximum Gasteiger partial charge on any atom is 0.234 e. The Bertz CT molecular complexity index is 984. The fourth-order valence-corrected chi connectivity index (χ4v) is 4.07. The molecule has 0 aliphatic rings. The zero-order valence-corrected chi connectivity index (χ0v) is 17.8. The van der Waals surface area contributed by atoms with Crippen LogP contribution in [0, 0.1) is 13.8 Å². The second-order valence-corrected chi connectivity index (χ2v) is 8.14. The van der Waals surface area contributed by atoms with Crippen LogP contribution in [0.2, 0.25) is 5.02 Å². The first kappa shape index (κ1) is 19.7. The van der Waals surface area contributed by atoms with Crippen LogP contribution in [0.5, 0.6) is 0 Å². The molecule has 0 radical (unpaired) electrons.